The summed E-state index contributed by atoms with van der Waals surface area (Å²) in [6.45, 7) is 6.22. The topological polar surface area (TPSA) is 75.7 Å². The highest BCUT2D eigenvalue weighted by Crippen LogP contribution is 2.32. The highest BCUT2D eigenvalue weighted by molar-refractivity contribution is 8.18. The fourth-order valence-electron chi connectivity index (χ4n) is 2.89. The molecule has 30 heavy (non-hydrogen) atoms. The van der Waals surface area contributed by atoms with Crippen LogP contribution in [0.3, 0.4) is 0 Å². The van der Waals surface area contributed by atoms with Crippen LogP contribution in [0.5, 0.6) is 5.75 Å². The number of rotatable bonds is 7. The molecule has 1 saturated heterocycles. The van der Waals surface area contributed by atoms with Gasteiger partial charge in [0, 0.05) is 5.69 Å². The Kier molecular flexibility index (Phi) is 6.95. The largest absolute Gasteiger partial charge is 0.494 e. The zero-order valence-corrected chi connectivity index (χ0v) is 18.0. The molecule has 1 N–H and O–H groups in total. The first-order valence-corrected chi connectivity index (χ1v) is 10.5. The number of hydrogen-bond donors (Lipinski definition) is 1. The Morgan fingerprint density at radius 2 is 1.87 bits per heavy atom. The zero-order valence-electron chi connectivity index (χ0n) is 17.2. The maximum Gasteiger partial charge on any atom is 0.294 e. The van der Waals surface area contributed by atoms with Crippen molar-refractivity contribution < 1.29 is 19.1 Å². The Labute approximate surface area is 180 Å². The van der Waals surface area contributed by atoms with E-state index in [2.05, 4.69) is 5.32 Å². The second-order valence-corrected chi connectivity index (χ2v) is 7.97. The van der Waals surface area contributed by atoms with Gasteiger partial charge in [0.15, 0.2) is 0 Å². The molecule has 2 aromatic rings. The molecule has 0 bridgehead atoms. The van der Waals surface area contributed by atoms with Crippen LogP contribution in [0, 0.1) is 13.8 Å². The van der Waals surface area contributed by atoms with Gasteiger partial charge < -0.3 is 10.1 Å². The third-order valence-corrected chi connectivity index (χ3v) is 5.61. The molecule has 0 aromatic heterocycles. The number of amides is 3. The molecule has 1 heterocycles. The Bertz CT molecular complexity index is 999. The van der Waals surface area contributed by atoms with E-state index in [0.717, 1.165) is 45.5 Å². The molecule has 0 radical (unpaired) electrons. The number of thioether (sulfide) groups is 1. The lowest BCUT2D eigenvalue weighted by Crippen LogP contribution is -2.36. The smallest absolute Gasteiger partial charge is 0.294 e. The van der Waals surface area contributed by atoms with E-state index >= 15 is 0 Å². The van der Waals surface area contributed by atoms with Gasteiger partial charge >= 0.3 is 0 Å². The summed E-state index contributed by atoms with van der Waals surface area (Å²) in [5.74, 6) is -0.123. The fourth-order valence-corrected chi connectivity index (χ4v) is 3.73. The molecule has 0 spiro atoms. The van der Waals surface area contributed by atoms with Crippen LogP contribution in [0.2, 0.25) is 0 Å². The van der Waals surface area contributed by atoms with Crippen LogP contribution in [0.15, 0.2) is 47.4 Å². The van der Waals surface area contributed by atoms with E-state index in [4.69, 9.17) is 4.74 Å². The number of ether oxygens (including phenoxy) is 1. The molecule has 3 amide bonds. The summed E-state index contributed by atoms with van der Waals surface area (Å²) >= 11 is 0.836. The van der Waals surface area contributed by atoms with Crippen LogP contribution >= 0.6 is 11.8 Å². The first-order valence-electron chi connectivity index (χ1n) is 9.73. The van der Waals surface area contributed by atoms with Gasteiger partial charge in [0.05, 0.1) is 11.5 Å². The zero-order chi connectivity index (χ0) is 21.7. The van der Waals surface area contributed by atoms with E-state index in [-0.39, 0.29) is 6.54 Å². The Balaban J connectivity index is 1.66. The van der Waals surface area contributed by atoms with E-state index in [1.54, 1.807) is 12.1 Å². The van der Waals surface area contributed by atoms with E-state index in [1.165, 1.54) is 0 Å². The minimum absolute atomic E-state index is 0.293. The van der Waals surface area contributed by atoms with Gasteiger partial charge in [-0.3, -0.25) is 19.3 Å². The van der Waals surface area contributed by atoms with Crippen molar-refractivity contribution >= 4 is 40.6 Å². The lowest BCUT2D eigenvalue weighted by Gasteiger charge is -2.14. The fraction of sp³-hybridized carbons (Fsp3) is 0.261. The van der Waals surface area contributed by atoms with E-state index in [0.29, 0.717) is 17.2 Å². The van der Waals surface area contributed by atoms with E-state index < -0.39 is 17.1 Å². The maximum absolute atomic E-state index is 12.6. The summed E-state index contributed by atoms with van der Waals surface area (Å²) in [5, 5.41) is 2.33. The van der Waals surface area contributed by atoms with Crippen molar-refractivity contribution in [2.45, 2.75) is 27.2 Å². The number of hydrogen-bond acceptors (Lipinski definition) is 5. The normalized spacial score (nSPS) is 15.0. The van der Waals surface area contributed by atoms with Crippen LogP contribution < -0.4 is 10.1 Å². The van der Waals surface area contributed by atoms with Crippen molar-refractivity contribution in [1.82, 2.24) is 4.90 Å². The molecule has 0 atom stereocenters. The average molecular weight is 425 g/mol. The molecule has 1 aliphatic rings. The first kappa shape index (κ1) is 21.6. The molecule has 2 aromatic carbocycles. The standard InChI is InChI=1S/C23H24N2O4S/c1-4-12-29-18-10-8-17(9-11-18)13-20-22(27)25(23(28)30-20)14-21(26)24-19-7-5-6-15(2)16(19)3/h5-11,13H,4,12,14H2,1-3H3,(H,24,26)/b20-13-. The highest BCUT2D eigenvalue weighted by atomic mass is 32.2. The van der Waals surface area contributed by atoms with Gasteiger partial charge in [-0.25, -0.2) is 0 Å². The maximum atomic E-state index is 12.6. The van der Waals surface area contributed by atoms with Crippen LogP contribution in [0.25, 0.3) is 6.08 Å². The summed E-state index contributed by atoms with van der Waals surface area (Å²) in [6, 6.07) is 12.9. The van der Waals surface area contributed by atoms with Gasteiger partial charge in [0.2, 0.25) is 5.91 Å². The third kappa shape index (κ3) is 5.10. The number of benzene rings is 2. The van der Waals surface area contributed by atoms with Gasteiger partial charge in [-0.2, -0.15) is 0 Å². The van der Waals surface area contributed by atoms with Crippen molar-refractivity contribution in [3.63, 3.8) is 0 Å². The number of aryl methyl sites for hydroxylation is 1. The van der Waals surface area contributed by atoms with Gasteiger partial charge in [0.25, 0.3) is 11.1 Å². The monoisotopic (exact) mass is 424 g/mol. The van der Waals surface area contributed by atoms with E-state index in [9.17, 15) is 14.4 Å². The molecule has 3 rings (SSSR count). The molecule has 1 aliphatic heterocycles. The summed E-state index contributed by atoms with van der Waals surface area (Å²) in [6.07, 6.45) is 2.57. The highest BCUT2D eigenvalue weighted by Gasteiger charge is 2.36. The SMILES string of the molecule is CCCOc1ccc(/C=C2\SC(=O)N(CC(=O)Nc3cccc(C)c3C)C2=O)cc1. The predicted molar refractivity (Wildman–Crippen MR) is 119 cm³/mol. The van der Waals surface area contributed by atoms with Crippen molar-refractivity contribution in [2.24, 2.45) is 0 Å². The number of carbonyl (C=O) groups excluding carboxylic acids is 3. The summed E-state index contributed by atoms with van der Waals surface area (Å²) in [4.78, 5) is 38.6. The third-order valence-electron chi connectivity index (χ3n) is 4.70. The van der Waals surface area contributed by atoms with Crippen molar-refractivity contribution in [1.29, 1.82) is 0 Å². The summed E-state index contributed by atoms with van der Waals surface area (Å²) in [5.41, 5.74) is 3.45. The first-order chi connectivity index (χ1) is 14.4. The summed E-state index contributed by atoms with van der Waals surface area (Å²) < 4.78 is 5.54. The number of anilines is 1. The van der Waals surface area contributed by atoms with Crippen LogP contribution in [0.1, 0.15) is 30.0 Å². The Morgan fingerprint density at radius 1 is 1.13 bits per heavy atom. The lowest BCUT2D eigenvalue weighted by molar-refractivity contribution is -0.127. The van der Waals surface area contributed by atoms with Crippen LogP contribution in [0.4, 0.5) is 10.5 Å². The molecule has 156 valence electrons. The molecule has 1 fully saturated rings. The predicted octanol–water partition coefficient (Wildman–Crippen LogP) is 4.77. The second kappa shape index (κ2) is 9.63. The average Bonchev–Trinajstić information content (AvgIpc) is 2.98. The Morgan fingerprint density at radius 3 is 2.57 bits per heavy atom. The molecule has 7 heteroatoms. The number of nitrogens with one attached hydrogen (secondary N) is 1. The molecule has 0 aliphatic carbocycles. The molecular weight excluding hydrogens is 400 g/mol. The van der Waals surface area contributed by atoms with Crippen LogP contribution in [-0.2, 0) is 9.59 Å². The number of nitrogens with zero attached hydrogens (tertiary/aromatic N) is 1. The van der Waals surface area contributed by atoms with Crippen molar-refractivity contribution in [3.05, 3.63) is 64.1 Å². The molecule has 6 nitrogen and oxygen atoms in total. The van der Waals surface area contributed by atoms with E-state index in [1.807, 2.05) is 57.2 Å². The molecular formula is C23H24N2O4S. The van der Waals surface area contributed by atoms with Crippen molar-refractivity contribution in [2.75, 3.05) is 18.5 Å². The van der Waals surface area contributed by atoms with Gasteiger partial charge in [-0.05, 0) is 73.0 Å². The quantitative estimate of drug-likeness (QED) is 0.648. The minimum Gasteiger partial charge on any atom is -0.494 e. The summed E-state index contributed by atoms with van der Waals surface area (Å²) in [7, 11) is 0. The number of imide groups is 1. The van der Waals surface area contributed by atoms with Gasteiger partial charge in [0.1, 0.15) is 12.3 Å². The Hall–Kier alpha value is -3.06. The number of carbonyl (C=O) groups is 3. The molecule has 0 saturated carbocycles. The lowest BCUT2D eigenvalue weighted by atomic mass is 10.1. The van der Waals surface area contributed by atoms with Gasteiger partial charge in [-0.1, -0.05) is 31.2 Å². The van der Waals surface area contributed by atoms with Crippen LogP contribution in [-0.4, -0.2) is 35.1 Å². The second-order valence-electron chi connectivity index (χ2n) is 6.98. The van der Waals surface area contributed by atoms with Crippen molar-refractivity contribution in [3.8, 4) is 5.75 Å². The van der Waals surface area contributed by atoms with Gasteiger partial charge in [-0.15, -0.1) is 0 Å². The molecule has 0 unspecified atom stereocenters. The minimum atomic E-state index is -0.465.